The normalized spacial score (nSPS) is 20.8. The second kappa shape index (κ2) is 10.4. The number of amides is 1. The van der Waals surface area contributed by atoms with Crippen LogP contribution in [0.5, 0.6) is 0 Å². The molecule has 4 rings (SSSR count). The van der Waals surface area contributed by atoms with Gasteiger partial charge in [-0.3, -0.25) is 10.1 Å². The van der Waals surface area contributed by atoms with Gasteiger partial charge in [0.05, 0.1) is 27.7 Å². The van der Waals surface area contributed by atoms with Gasteiger partial charge in [-0.15, -0.1) is 0 Å². The number of alkyl halides is 6. The molecule has 0 radical (unpaired) electrons. The van der Waals surface area contributed by atoms with E-state index in [0.29, 0.717) is 12.5 Å². The van der Waals surface area contributed by atoms with Gasteiger partial charge in [0.25, 0.3) is 0 Å². The highest BCUT2D eigenvalue weighted by Crippen LogP contribution is 2.38. The topological polar surface area (TPSA) is 69.7 Å². The van der Waals surface area contributed by atoms with E-state index in [1.807, 2.05) is 13.8 Å². The van der Waals surface area contributed by atoms with Crippen LogP contribution in [-0.2, 0) is 33.7 Å². The van der Waals surface area contributed by atoms with E-state index in [1.54, 1.807) is 0 Å². The van der Waals surface area contributed by atoms with Gasteiger partial charge in [-0.05, 0) is 61.1 Å². The molecule has 2 aliphatic rings. The summed E-state index contributed by atoms with van der Waals surface area (Å²) in [5.74, 6) is -0.145. The average Bonchev–Trinajstić information content (AvgIpc) is 3.08. The van der Waals surface area contributed by atoms with Crippen molar-refractivity contribution in [2.24, 2.45) is 5.92 Å². The highest BCUT2D eigenvalue weighted by molar-refractivity contribution is 7.89. The summed E-state index contributed by atoms with van der Waals surface area (Å²) in [5, 5.41) is 3.33. The SMILES string of the molecule is CC(C)C[C@@H]1NC2(CCN(S(=O)(=O)c3cccc(C(F)(F)F)c3)CC2)N(Cc2cccc(C(F)(F)F)c2)C1=O. The molecular weight excluding hydrogens is 548 g/mol. The first-order chi connectivity index (χ1) is 18.0. The van der Waals surface area contributed by atoms with Gasteiger partial charge in [0, 0.05) is 19.6 Å². The number of nitrogens with zero attached hydrogens (tertiary/aromatic N) is 2. The van der Waals surface area contributed by atoms with Crippen molar-refractivity contribution in [3.05, 3.63) is 65.2 Å². The van der Waals surface area contributed by atoms with Gasteiger partial charge < -0.3 is 4.90 Å². The van der Waals surface area contributed by atoms with Crippen LogP contribution in [0, 0.1) is 5.92 Å². The average molecular weight is 578 g/mol. The van der Waals surface area contributed by atoms with Crippen LogP contribution >= 0.6 is 0 Å². The van der Waals surface area contributed by atoms with Crippen LogP contribution in [0.25, 0.3) is 0 Å². The maximum atomic E-state index is 13.4. The van der Waals surface area contributed by atoms with Gasteiger partial charge in [0.15, 0.2) is 0 Å². The lowest BCUT2D eigenvalue weighted by Gasteiger charge is -2.44. The third kappa shape index (κ3) is 6.09. The van der Waals surface area contributed by atoms with E-state index >= 15 is 0 Å². The predicted molar refractivity (Wildman–Crippen MR) is 131 cm³/mol. The molecule has 2 aromatic carbocycles. The van der Waals surface area contributed by atoms with Crippen molar-refractivity contribution in [3.63, 3.8) is 0 Å². The number of piperidine rings is 1. The summed E-state index contributed by atoms with van der Waals surface area (Å²) in [5.41, 5.74) is -2.65. The van der Waals surface area contributed by atoms with E-state index in [9.17, 15) is 39.6 Å². The molecule has 214 valence electrons. The Bertz CT molecular complexity index is 1320. The fraction of sp³-hybridized carbons (Fsp3) is 0.500. The van der Waals surface area contributed by atoms with Gasteiger partial charge in [-0.2, -0.15) is 30.6 Å². The molecule has 1 spiro atoms. The van der Waals surface area contributed by atoms with Crippen molar-refractivity contribution in [2.45, 2.75) is 68.6 Å². The summed E-state index contributed by atoms with van der Waals surface area (Å²) in [7, 11) is -4.26. The van der Waals surface area contributed by atoms with Gasteiger partial charge >= 0.3 is 12.4 Å². The molecule has 1 amide bonds. The second-order valence-electron chi connectivity index (χ2n) is 10.4. The maximum Gasteiger partial charge on any atom is 0.416 e. The number of sulfonamides is 1. The first-order valence-electron chi connectivity index (χ1n) is 12.5. The van der Waals surface area contributed by atoms with E-state index in [0.717, 1.165) is 34.6 Å². The molecule has 2 aliphatic heterocycles. The number of rotatable bonds is 6. The predicted octanol–water partition coefficient (Wildman–Crippen LogP) is 5.25. The summed E-state index contributed by atoms with van der Waals surface area (Å²) < 4.78 is 107. The molecule has 13 heteroatoms. The quantitative estimate of drug-likeness (QED) is 0.477. The lowest BCUT2D eigenvalue weighted by atomic mass is 9.96. The van der Waals surface area contributed by atoms with Crippen molar-refractivity contribution in [1.29, 1.82) is 0 Å². The monoisotopic (exact) mass is 577 g/mol. The molecule has 0 unspecified atom stereocenters. The fourth-order valence-corrected chi connectivity index (χ4v) is 6.73. The largest absolute Gasteiger partial charge is 0.416 e. The Morgan fingerprint density at radius 3 is 2.08 bits per heavy atom. The first kappa shape index (κ1) is 29.3. The zero-order valence-corrected chi connectivity index (χ0v) is 22.1. The van der Waals surface area contributed by atoms with E-state index < -0.39 is 50.1 Å². The van der Waals surface area contributed by atoms with Crippen LogP contribution < -0.4 is 5.32 Å². The number of benzene rings is 2. The summed E-state index contributed by atoms with van der Waals surface area (Å²) in [4.78, 5) is 14.4. The number of hydrogen-bond donors (Lipinski definition) is 1. The molecule has 0 aromatic heterocycles. The van der Waals surface area contributed by atoms with E-state index in [-0.39, 0.29) is 49.9 Å². The molecule has 6 nitrogen and oxygen atoms in total. The Balaban J connectivity index is 1.59. The molecule has 39 heavy (non-hydrogen) atoms. The Hall–Kier alpha value is -2.64. The van der Waals surface area contributed by atoms with Crippen LogP contribution in [0.3, 0.4) is 0 Å². The Morgan fingerprint density at radius 2 is 1.51 bits per heavy atom. The second-order valence-corrected chi connectivity index (χ2v) is 12.3. The molecule has 1 atom stereocenters. The zero-order valence-electron chi connectivity index (χ0n) is 21.3. The van der Waals surface area contributed by atoms with Gasteiger partial charge in [-0.25, -0.2) is 8.42 Å². The van der Waals surface area contributed by atoms with Gasteiger partial charge in [0.2, 0.25) is 15.9 Å². The van der Waals surface area contributed by atoms with Crippen LogP contribution in [-0.4, -0.2) is 48.3 Å². The maximum absolute atomic E-state index is 13.4. The lowest BCUT2D eigenvalue weighted by molar-refractivity contribution is -0.138. The number of carbonyl (C=O) groups excluding carboxylic acids is 1. The summed E-state index contributed by atoms with van der Waals surface area (Å²) in [6.45, 7) is 3.58. The minimum atomic E-state index is -4.71. The molecule has 2 fully saturated rings. The highest BCUT2D eigenvalue weighted by Gasteiger charge is 2.52. The van der Waals surface area contributed by atoms with E-state index in [2.05, 4.69) is 5.32 Å². The van der Waals surface area contributed by atoms with Crippen LogP contribution in [0.2, 0.25) is 0 Å². The molecule has 2 aromatic rings. The van der Waals surface area contributed by atoms with E-state index in [4.69, 9.17) is 0 Å². The van der Waals surface area contributed by atoms with Gasteiger partial charge in [0.1, 0.15) is 0 Å². The minimum absolute atomic E-state index is 0.0909. The van der Waals surface area contributed by atoms with Crippen molar-refractivity contribution in [2.75, 3.05) is 13.1 Å². The molecule has 1 N–H and O–H groups in total. The first-order valence-corrected chi connectivity index (χ1v) is 13.9. The molecule has 2 saturated heterocycles. The number of carbonyl (C=O) groups is 1. The third-order valence-electron chi connectivity index (χ3n) is 7.17. The number of nitrogens with one attached hydrogen (secondary N) is 1. The fourth-order valence-electron chi connectivity index (χ4n) is 5.24. The van der Waals surface area contributed by atoms with Gasteiger partial charge in [-0.1, -0.05) is 32.0 Å². The summed E-state index contributed by atoms with van der Waals surface area (Å²) >= 11 is 0. The number of halogens is 6. The van der Waals surface area contributed by atoms with Crippen molar-refractivity contribution >= 4 is 15.9 Å². The van der Waals surface area contributed by atoms with Crippen LogP contribution in [0.1, 0.15) is 49.8 Å². The van der Waals surface area contributed by atoms with E-state index in [1.165, 1.54) is 17.0 Å². The minimum Gasteiger partial charge on any atom is -0.319 e. The van der Waals surface area contributed by atoms with Crippen molar-refractivity contribution in [1.82, 2.24) is 14.5 Å². The smallest absolute Gasteiger partial charge is 0.319 e. The van der Waals surface area contributed by atoms with Crippen LogP contribution in [0.4, 0.5) is 26.3 Å². The third-order valence-corrected chi connectivity index (χ3v) is 9.07. The highest BCUT2D eigenvalue weighted by atomic mass is 32.2. The van der Waals surface area contributed by atoms with Crippen molar-refractivity contribution < 1.29 is 39.6 Å². The lowest BCUT2D eigenvalue weighted by Crippen LogP contribution is -2.59. The molecule has 0 bridgehead atoms. The van der Waals surface area contributed by atoms with Crippen LogP contribution in [0.15, 0.2) is 53.4 Å². The molecule has 2 heterocycles. The summed E-state index contributed by atoms with van der Waals surface area (Å²) in [6.07, 6.45) is -8.55. The summed E-state index contributed by atoms with van der Waals surface area (Å²) in [6, 6.07) is 7.63. The molecule has 0 aliphatic carbocycles. The Morgan fingerprint density at radius 1 is 0.949 bits per heavy atom. The molecule has 0 saturated carbocycles. The molecular formula is C26H29F6N3O3S. The zero-order chi connectivity index (χ0) is 28.8. The van der Waals surface area contributed by atoms with Crippen molar-refractivity contribution in [3.8, 4) is 0 Å². The Labute approximate surface area is 223 Å². The standard InChI is InChI=1S/C26H29F6N3O3S/c1-17(2)13-22-23(36)35(16-18-5-3-6-19(14-18)25(27,28)29)24(33-22)9-11-34(12-10-24)39(37,38)21-8-4-7-20(15-21)26(30,31)32/h3-8,14-15,17,22,33H,9-13,16H2,1-2H3/t22-/m0/s1. The number of hydrogen-bond acceptors (Lipinski definition) is 4. The Kier molecular flexibility index (Phi) is 7.82.